The van der Waals surface area contributed by atoms with Crippen molar-refractivity contribution in [1.29, 1.82) is 0 Å². The van der Waals surface area contributed by atoms with Gasteiger partial charge in [-0.3, -0.25) is 4.90 Å². The lowest BCUT2D eigenvalue weighted by molar-refractivity contribution is 0.0390. The van der Waals surface area contributed by atoms with Crippen LogP contribution in [0.25, 0.3) is 0 Å². The average molecular weight is 290 g/mol. The summed E-state index contributed by atoms with van der Waals surface area (Å²) in [5, 5.41) is 16.5. The standard InChI is InChI=1S/C15H26N6/c1-20-18-14(17-19-20)10-21-11-15(7-3-2-4-8-15)16-9-13(21)12-5-6-12/h12-13,16H,2-11H2,1H3. The van der Waals surface area contributed by atoms with Crippen LogP contribution in [0.1, 0.15) is 50.8 Å². The van der Waals surface area contributed by atoms with Crippen LogP contribution in [0, 0.1) is 5.92 Å². The first-order valence-electron chi connectivity index (χ1n) is 8.46. The van der Waals surface area contributed by atoms with Crippen molar-refractivity contribution < 1.29 is 0 Å². The molecule has 0 amide bonds. The lowest BCUT2D eigenvalue weighted by Crippen LogP contribution is -2.65. The molecular formula is C15H26N6. The fourth-order valence-electron chi connectivity index (χ4n) is 4.26. The van der Waals surface area contributed by atoms with Gasteiger partial charge in [-0.15, -0.1) is 10.2 Å². The summed E-state index contributed by atoms with van der Waals surface area (Å²) in [5.41, 5.74) is 0.353. The molecule has 21 heavy (non-hydrogen) atoms. The number of piperazine rings is 1. The van der Waals surface area contributed by atoms with Gasteiger partial charge < -0.3 is 5.32 Å². The van der Waals surface area contributed by atoms with Crippen molar-refractivity contribution in [2.45, 2.75) is 63.1 Å². The molecule has 4 rings (SSSR count). The fourth-order valence-corrected chi connectivity index (χ4v) is 4.26. The molecule has 1 atom stereocenters. The van der Waals surface area contributed by atoms with Gasteiger partial charge in [-0.1, -0.05) is 19.3 Å². The number of nitrogens with zero attached hydrogens (tertiary/aromatic N) is 5. The lowest BCUT2D eigenvalue weighted by Gasteiger charge is -2.49. The Morgan fingerprint density at radius 1 is 1.24 bits per heavy atom. The van der Waals surface area contributed by atoms with Crippen LogP contribution in [0.5, 0.6) is 0 Å². The van der Waals surface area contributed by atoms with E-state index in [1.54, 1.807) is 4.80 Å². The number of aromatic nitrogens is 4. The van der Waals surface area contributed by atoms with E-state index in [4.69, 9.17) is 0 Å². The molecule has 0 radical (unpaired) electrons. The summed E-state index contributed by atoms with van der Waals surface area (Å²) >= 11 is 0. The molecule has 1 spiro atoms. The molecule has 1 aliphatic heterocycles. The maximum absolute atomic E-state index is 4.38. The molecule has 6 heteroatoms. The third-order valence-corrected chi connectivity index (χ3v) is 5.53. The fraction of sp³-hybridized carbons (Fsp3) is 0.933. The Kier molecular flexibility index (Phi) is 3.46. The number of hydrogen-bond donors (Lipinski definition) is 1. The lowest BCUT2D eigenvalue weighted by atomic mass is 9.79. The summed E-state index contributed by atoms with van der Waals surface area (Å²) in [6.07, 6.45) is 9.59. The second-order valence-electron chi connectivity index (χ2n) is 7.23. The van der Waals surface area contributed by atoms with Gasteiger partial charge in [0.05, 0.1) is 13.6 Å². The molecule has 1 unspecified atom stereocenters. The van der Waals surface area contributed by atoms with Crippen LogP contribution >= 0.6 is 0 Å². The van der Waals surface area contributed by atoms with Crippen molar-refractivity contribution in [3.63, 3.8) is 0 Å². The van der Waals surface area contributed by atoms with Gasteiger partial charge in [-0.25, -0.2) is 0 Å². The van der Waals surface area contributed by atoms with Gasteiger partial charge in [0.15, 0.2) is 5.82 Å². The van der Waals surface area contributed by atoms with Gasteiger partial charge in [-0.2, -0.15) is 4.80 Å². The van der Waals surface area contributed by atoms with Crippen molar-refractivity contribution in [3.8, 4) is 0 Å². The highest BCUT2D eigenvalue weighted by Gasteiger charge is 2.44. The first-order chi connectivity index (χ1) is 10.2. The predicted molar refractivity (Wildman–Crippen MR) is 79.5 cm³/mol. The Hall–Kier alpha value is -1.01. The zero-order valence-electron chi connectivity index (χ0n) is 13.0. The van der Waals surface area contributed by atoms with Crippen LogP contribution in [0.3, 0.4) is 0 Å². The number of tetrazole rings is 1. The van der Waals surface area contributed by atoms with Gasteiger partial charge in [-0.05, 0) is 36.8 Å². The van der Waals surface area contributed by atoms with E-state index in [1.807, 2.05) is 7.05 Å². The Balaban J connectivity index is 1.50. The smallest absolute Gasteiger partial charge is 0.188 e. The first-order valence-corrected chi connectivity index (χ1v) is 8.46. The SMILES string of the molecule is Cn1nnc(CN2CC3(CCCCC3)NCC2C2CC2)n1. The molecule has 2 heterocycles. The Labute approximate surface area is 126 Å². The highest BCUT2D eigenvalue weighted by Crippen LogP contribution is 2.40. The Morgan fingerprint density at radius 2 is 2.05 bits per heavy atom. The molecular weight excluding hydrogens is 264 g/mol. The quantitative estimate of drug-likeness (QED) is 0.903. The molecule has 1 N–H and O–H groups in total. The molecule has 2 saturated carbocycles. The minimum atomic E-state index is 0.353. The van der Waals surface area contributed by atoms with Crippen molar-refractivity contribution in [2.75, 3.05) is 13.1 Å². The molecule has 0 bridgehead atoms. The minimum absolute atomic E-state index is 0.353. The number of rotatable bonds is 3. The second kappa shape index (κ2) is 5.32. The molecule has 3 fully saturated rings. The number of hydrogen-bond acceptors (Lipinski definition) is 5. The molecule has 6 nitrogen and oxygen atoms in total. The largest absolute Gasteiger partial charge is 0.308 e. The second-order valence-corrected chi connectivity index (χ2v) is 7.23. The van der Waals surface area contributed by atoms with E-state index in [0.717, 1.165) is 31.4 Å². The number of nitrogens with one attached hydrogen (secondary N) is 1. The van der Waals surface area contributed by atoms with Crippen molar-refractivity contribution >= 4 is 0 Å². The van der Waals surface area contributed by atoms with Crippen LogP contribution in [0.15, 0.2) is 0 Å². The highest BCUT2D eigenvalue weighted by atomic mass is 15.6. The summed E-state index contributed by atoms with van der Waals surface area (Å²) in [7, 11) is 1.84. The van der Waals surface area contributed by atoms with Crippen LogP contribution < -0.4 is 5.32 Å². The van der Waals surface area contributed by atoms with Crippen molar-refractivity contribution in [3.05, 3.63) is 5.82 Å². The molecule has 2 aliphatic carbocycles. The van der Waals surface area contributed by atoms with Crippen LogP contribution in [-0.4, -0.2) is 49.8 Å². The van der Waals surface area contributed by atoms with Gasteiger partial charge >= 0.3 is 0 Å². The summed E-state index contributed by atoms with van der Waals surface area (Å²) in [5.74, 6) is 1.76. The van der Waals surface area contributed by atoms with Crippen molar-refractivity contribution in [1.82, 2.24) is 30.4 Å². The van der Waals surface area contributed by atoms with Gasteiger partial charge in [0.25, 0.3) is 0 Å². The highest BCUT2D eigenvalue weighted by molar-refractivity contribution is 5.03. The Morgan fingerprint density at radius 3 is 2.71 bits per heavy atom. The molecule has 1 aromatic heterocycles. The van der Waals surface area contributed by atoms with E-state index in [-0.39, 0.29) is 0 Å². The zero-order chi connectivity index (χ0) is 14.3. The van der Waals surface area contributed by atoms with E-state index in [1.165, 1.54) is 44.9 Å². The van der Waals surface area contributed by atoms with Crippen LogP contribution in [-0.2, 0) is 13.6 Å². The normalized spacial score (nSPS) is 29.9. The van der Waals surface area contributed by atoms with E-state index in [9.17, 15) is 0 Å². The molecule has 116 valence electrons. The molecule has 0 aromatic carbocycles. The monoisotopic (exact) mass is 290 g/mol. The zero-order valence-corrected chi connectivity index (χ0v) is 13.0. The summed E-state index contributed by atoms with van der Waals surface area (Å²) in [4.78, 5) is 4.22. The third-order valence-electron chi connectivity index (χ3n) is 5.53. The molecule has 1 saturated heterocycles. The van der Waals surface area contributed by atoms with Crippen LogP contribution in [0.4, 0.5) is 0 Å². The summed E-state index contributed by atoms with van der Waals surface area (Å²) < 4.78 is 0. The van der Waals surface area contributed by atoms with Crippen LogP contribution in [0.2, 0.25) is 0 Å². The van der Waals surface area contributed by atoms with Gasteiger partial charge in [0.1, 0.15) is 0 Å². The van der Waals surface area contributed by atoms with E-state index >= 15 is 0 Å². The van der Waals surface area contributed by atoms with Gasteiger partial charge in [0, 0.05) is 24.7 Å². The average Bonchev–Trinajstić information content (AvgIpc) is 3.23. The van der Waals surface area contributed by atoms with E-state index in [2.05, 4.69) is 25.6 Å². The first kappa shape index (κ1) is 13.6. The maximum Gasteiger partial charge on any atom is 0.188 e. The van der Waals surface area contributed by atoms with Gasteiger partial charge in [0.2, 0.25) is 0 Å². The third kappa shape index (κ3) is 2.83. The van der Waals surface area contributed by atoms with E-state index < -0.39 is 0 Å². The molecule has 1 aromatic rings. The van der Waals surface area contributed by atoms with E-state index in [0.29, 0.717) is 11.6 Å². The van der Waals surface area contributed by atoms with Crippen molar-refractivity contribution in [2.24, 2.45) is 13.0 Å². The predicted octanol–water partition coefficient (Wildman–Crippen LogP) is 1.10. The maximum atomic E-state index is 4.38. The summed E-state index contributed by atoms with van der Waals surface area (Å²) in [6.45, 7) is 3.16. The summed E-state index contributed by atoms with van der Waals surface area (Å²) in [6, 6.07) is 0.668. The molecule has 3 aliphatic rings. The number of aryl methyl sites for hydroxylation is 1. The topological polar surface area (TPSA) is 58.9 Å². The Bertz CT molecular complexity index is 488. The minimum Gasteiger partial charge on any atom is -0.308 e.